The molecule has 26 heavy (non-hydrogen) atoms. The van der Waals surface area contributed by atoms with Crippen LogP contribution < -0.4 is 10.6 Å². The maximum Gasteiger partial charge on any atom is 0.269 e. The van der Waals surface area contributed by atoms with Crippen molar-refractivity contribution in [2.45, 2.75) is 26.7 Å². The molecule has 8 nitrogen and oxygen atoms in total. The molecular weight excluding hydrogens is 336 g/mol. The molecule has 0 radical (unpaired) electrons. The highest BCUT2D eigenvalue weighted by Gasteiger charge is 2.29. The van der Waals surface area contributed by atoms with Gasteiger partial charge in [0, 0.05) is 49.9 Å². The lowest BCUT2D eigenvalue weighted by molar-refractivity contribution is -0.384. The van der Waals surface area contributed by atoms with Crippen molar-refractivity contribution < 1.29 is 14.5 Å². The zero-order valence-electron chi connectivity index (χ0n) is 15.2. The molecule has 1 aliphatic rings. The number of piperidine rings is 1. The van der Waals surface area contributed by atoms with Crippen molar-refractivity contribution >= 4 is 23.2 Å². The first kappa shape index (κ1) is 19.7. The molecule has 1 aromatic carbocycles. The second kappa shape index (κ2) is 9.17. The zero-order chi connectivity index (χ0) is 19.1. The van der Waals surface area contributed by atoms with E-state index in [9.17, 15) is 19.7 Å². The Labute approximate surface area is 153 Å². The number of carbonyl (C=O) groups excluding carboxylic acids is 2. The summed E-state index contributed by atoms with van der Waals surface area (Å²) in [6.07, 6.45) is 1.64. The van der Waals surface area contributed by atoms with Crippen molar-refractivity contribution in [2.75, 3.05) is 31.5 Å². The molecule has 1 aliphatic heterocycles. The van der Waals surface area contributed by atoms with Gasteiger partial charge >= 0.3 is 0 Å². The first-order valence-electron chi connectivity index (χ1n) is 8.93. The zero-order valence-corrected chi connectivity index (χ0v) is 15.2. The lowest BCUT2D eigenvalue weighted by Gasteiger charge is -2.33. The first-order chi connectivity index (χ1) is 12.4. The minimum atomic E-state index is -0.443. The van der Waals surface area contributed by atoms with Gasteiger partial charge in [-0.25, -0.2) is 0 Å². The van der Waals surface area contributed by atoms with Crippen LogP contribution in [0.1, 0.15) is 26.7 Å². The van der Waals surface area contributed by atoms with Crippen LogP contribution in [-0.4, -0.2) is 47.8 Å². The van der Waals surface area contributed by atoms with E-state index in [4.69, 9.17) is 0 Å². The third-order valence-corrected chi connectivity index (χ3v) is 4.43. The lowest BCUT2D eigenvalue weighted by Crippen LogP contribution is -2.47. The highest BCUT2D eigenvalue weighted by molar-refractivity contribution is 5.82. The fourth-order valence-corrected chi connectivity index (χ4v) is 2.99. The van der Waals surface area contributed by atoms with Crippen molar-refractivity contribution in [3.8, 4) is 0 Å². The van der Waals surface area contributed by atoms with Gasteiger partial charge in [0.25, 0.3) is 5.69 Å². The predicted molar refractivity (Wildman–Crippen MR) is 98.7 cm³/mol. The van der Waals surface area contributed by atoms with E-state index in [0.29, 0.717) is 19.6 Å². The Morgan fingerprint density at radius 2 is 1.96 bits per heavy atom. The number of nitrogens with one attached hydrogen (secondary N) is 2. The topological polar surface area (TPSA) is 105 Å². The Hall–Kier alpha value is -2.64. The molecule has 0 bridgehead atoms. The molecule has 0 aromatic heterocycles. The van der Waals surface area contributed by atoms with Crippen LogP contribution in [0.3, 0.4) is 0 Å². The van der Waals surface area contributed by atoms with Crippen LogP contribution in [0, 0.1) is 22.0 Å². The number of nitro groups is 1. The van der Waals surface area contributed by atoms with Crippen molar-refractivity contribution in [2.24, 2.45) is 11.8 Å². The van der Waals surface area contributed by atoms with Gasteiger partial charge in [-0.15, -0.1) is 0 Å². The quantitative estimate of drug-likeness (QED) is 0.439. The van der Waals surface area contributed by atoms with Gasteiger partial charge in [-0.1, -0.05) is 13.8 Å². The maximum absolute atomic E-state index is 12.3. The molecule has 1 heterocycles. The summed E-state index contributed by atoms with van der Waals surface area (Å²) in [5.41, 5.74) is 0.804. The predicted octanol–water partition coefficient (Wildman–Crippen LogP) is 2.02. The molecule has 8 heteroatoms. The normalized spacial score (nSPS) is 17.0. The van der Waals surface area contributed by atoms with Crippen molar-refractivity contribution in [1.82, 2.24) is 10.2 Å². The first-order valence-corrected chi connectivity index (χ1v) is 8.93. The number of nitro benzene ring substituents is 1. The number of rotatable bonds is 7. The molecule has 1 aromatic rings. The molecular formula is C18H26N4O4. The van der Waals surface area contributed by atoms with E-state index in [0.717, 1.165) is 25.1 Å². The van der Waals surface area contributed by atoms with Crippen LogP contribution >= 0.6 is 0 Å². The van der Waals surface area contributed by atoms with Gasteiger partial charge in [-0.3, -0.25) is 19.7 Å². The molecule has 2 rings (SSSR count). The summed E-state index contributed by atoms with van der Waals surface area (Å²) in [6.45, 7) is 5.92. The third-order valence-electron chi connectivity index (χ3n) is 4.43. The number of hydrogen-bond donors (Lipinski definition) is 2. The molecule has 1 fully saturated rings. The van der Waals surface area contributed by atoms with Crippen LogP contribution in [-0.2, 0) is 9.59 Å². The number of nitrogens with zero attached hydrogens (tertiary/aromatic N) is 2. The van der Waals surface area contributed by atoms with Crippen LogP contribution in [0.2, 0.25) is 0 Å². The number of amides is 2. The van der Waals surface area contributed by atoms with Gasteiger partial charge in [0.05, 0.1) is 10.8 Å². The summed E-state index contributed by atoms with van der Waals surface area (Å²) < 4.78 is 0. The highest BCUT2D eigenvalue weighted by Crippen LogP contribution is 2.18. The van der Waals surface area contributed by atoms with Gasteiger partial charge in [0.1, 0.15) is 0 Å². The minimum absolute atomic E-state index is 0.0308. The summed E-state index contributed by atoms with van der Waals surface area (Å²) in [7, 11) is 0. The fourth-order valence-electron chi connectivity index (χ4n) is 2.99. The smallest absolute Gasteiger partial charge is 0.269 e. The minimum Gasteiger partial charge on any atom is -0.383 e. The van der Waals surface area contributed by atoms with Crippen molar-refractivity contribution in [3.05, 3.63) is 34.4 Å². The average Bonchev–Trinajstić information content (AvgIpc) is 2.64. The van der Waals surface area contributed by atoms with Gasteiger partial charge in [-0.05, 0) is 25.0 Å². The van der Waals surface area contributed by atoms with Crippen LogP contribution in [0.4, 0.5) is 11.4 Å². The summed E-state index contributed by atoms with van der Waals surface area (Å²) >= 11 is 0. The number of benzene rings is 1. The van der Waals surface area contributed by atoms with E-state index in [-0.39, 0.29) is 29.3 Å². The van der Waals surface area contributed by atoms with Crippen LogP contribution in [0.5, 0.6) is 0 Å². The lowest BCUT2D eigenvalue weighted by atomic mass is 9.96. The molecule has 2 amide bonds. The van der Waals surface area contributed by atoms with Gasteiger partial charge in [0.2, 0.25) is 11.8 Å². The van der Waals surface area contributed by atoms with Gasteiger partial charge < -0.3 is 15.5 Å². The Bertz CT molecular complexity index is 645. The number of carbonyl (C=O) groups is 2. The molecule has 2 N–H and O–H groups in total. The third kappa shape index (κ3) is 5.44. The van der Waals surface area contributed by atoms with Crippen molar-refractivity contribution in [1.29, 1.82) is 0 Å². The Morgan fingerprint density at radius 1 is 1.27 bits per heavy atom. The van der Waals surface area contributed by atoms with Crippen molar-refractivity contribution in [3.63, 3.8) is 0 Å². The molecule has 0 spiro atoms. The molecule has 1 saturated heterocycles. The van der Waals surface area contributed by atoms with E-state index < -0.39 is 4.92 Å². The van der Waals surface area contributed by atoms with E-state index in [1.165, 1.54) is 12.1 Å². The van der Waals surface area contributed by atoms with E-state index >= 15 is 0 Å². The Morgan fingerprint density at radius 3 is 2.58 bits per heavy atom. The molecule has 1 atom stereocenters. The standard InChI is InChI=1S/C18H26N4O4/c1-13(2)18(24)21-11-3-4-14(12-21)17(23)20-10-9-19-15-5-7-16(8-6-15)22(25)26/h5-8,13-14,19H,3-4,9-12H2,1-2H3,(H,20,23)/t14-/m0/s1. The van der Waals surface area contributed by atoms with E-state index in [1.807, 2.05) is 13.8 Å². The number of anilines is 1. The largest absolute Gasteiger partial charge is 0.383 e. The molecule has 142 valence electrons. The SMILES string of the molecule is CC(C)C(=O)N1CCC[C@H](C(=O)NCCNc2ccc([N+](=O)[O-])cc2)C1. The fraction of sp³-hybridized carbons (Fsp3) is 0.556. The molecule has 0 saturated carbocycles. The Kier molecular flexibility index (Phi) is 6.94. The summed E-state index contributed by atoms with van der Waals surface area (Å²) in [6, 6.07) is 6.14. The number of hydrogen-bond acceptors (Lipinski definition) is 5. The highest BCUT2D eigenvalue weighted by atomic mass is 16.6. The van der Waals surface area contributed by atoms with Crippen LogP contribution in [0.25, 0.3) is 0 Å². The van der Waals surface area contributed by atoms with E-state index in [2.05, 4.69) is 10.6 Å². The number of non-ortho nitro benzene ring substituents is 1. The second-order valence-electron chi connectivity index (χ2n) is 6.80. The average molecular weight is 362 g/mol. The monoisotopic (exact) mass is 362 g/mol. The number of likely N-dealkylation sites (tertiary alicyclic amines) is 1. The van der Waals surface area contributed by atoms with Crippen LogP contribution in [0.15, 0.2) is 24.3 Å². The molecule has 0 unspecified atom stereocenters. The molecule has 0 aliphatic carbocycles. The van der Waals surface area contributed by atoms with Gasteiger partial charge in [0.15, 0.2) is 0 Å². The van der Waals surface area contributed by atoms with E-state index in [1.54, 1.807) is 17.0 Å². The van der Waals surface area contributed by atoms with Gasteiger partial charge in [-0.2, -0.15) is 0 Å². The summed E-state index contributed by atoms with van der Waals surface area (Å²) in [5, 5.41) is 16.6. The summed E-state index contributed by atoms with van der Waals surface area (Å²) in [4.78, 5) is 36.4. The maximum atomic E-state index is 12.3. The second-order valence-corrected chi connectivity index (χ2v) is 6.80. The Balaban J connectivity index is 1.72. The summed E-state index contributed by atoms with van der Waals surface area (Å²) in [5.74, 6) is -0.146.